The van der Waals surface area contributed by atoms with Gasteiger partial charge in [0.05, 0.1) is 13.2 Å². The summed E-state index contributed by atoms with van der Waals surface area (Å²) in [5.74, 6) is -0.0311. The quantitative estimate of drug-likeness (QED) is 0.301. The Kier molecular flexibility index (Phi) is 10.00. The van der Waals surface area contributed by atoms with Gasteiger partial charge in [-0.1, -0.05) is 19.8 Å². The lowest BCUT2D eigenvalue weighted by Gasteiger charge is -2.12. The molecular formula is C17H26N4O3S. The van der Waals surface area contributed by atoms with Gasteiger partial charge in [0.15, 0.2) is 5.11 Å². The van der Waals surface area contributed by atoms with Gasteiger partial charge < -0.3 is 15.4 Å². The number of rotatable bonds is 9. The molecule has 0 spiro atoms. The van der Waals surface area contributed by atoms with E-state index in [2.05, 4.69) is 28.4 Å². The molecule has 0 fully saturated rings. The third kappa shape index (κ3) is 8.90. The number of hydrogen-bond acceptors (Lipinski definition) is 4. The zero-order valence-corrected chi connectivity index (χ0v) is 15.5. The van der Waals surface area contributed by atoms with Crippen LogP contribution in [0.1, 0.15) is 43.5 Å². The summed E-state index contributed by atoms with van der Waals surface area (Å²) >= 11 is 5.03. The molecule has 0 aliphatic heterocycles. The first kappa shape index (κ1) is 20.7. The summed E-state index contributed by atoms with van der Waals surface area (Å²) in [5.41, 5.74) is 5.48. The summed E-state index contributed by atoms with van der Waals surface area (Å²) in [6.07, 6.45) is 3.27. The molecule has 2 amide bonds. The standard InChI is InChI=1S/C17H26N4O3S/c1-3-5-6-11-18-17(25)21-20-15(22)12-19-16(23)13-7-9-14(10-8-13)24-4-2/h7-10H,3-6,11-12H2,1-2H3,(H,19,23)(H,20,22)(H2,18,21,25). The number of carbonyl (C=O) groups is 2. The Morgan fingerprint density at radius 2 is 1.76 bits per heavy atom. The molecule has 0 saturated carbocycles. The largest absolute Gasteiger partial charge is 0.494 e. The molecular weight excluding hydrogens is 340 g/mol. The Balaban J connectivity index is 2.24. The molecule has 0 bridgehead atoms. The molecule has 0 radical (unpaired) electrons. The molecule has 25 heavy (non-hydrogen) atoms. The van der Waals surface area contributed by atoms with Crippen LogP contribution in [0.4, 0.5) is 0 Å². The number of thiocarbonyl (C=S) groups is 1. The van der Waals surface area contributed by atoms with E-state index in [0.717, 1.165) is 25.8 Å². The van der Waals surface area contributed by atoms with E-state index in [1.807, 2.05) is 6.92 Å². The lowest BCUT2D eigenvalue weighted by molar-refractivity contribution is -0.120. The van der Waals surface area contributed by atoms with Crippen molar-refractivity contribution in [2.24, 2.45) is 0 Å². The minimum Gasteiger partial charge on any atom is -0.494 e. The number of hydrogen-bond donors (Lipinski definition) is 4. The second-order valence-corrected chi connectivity index (χ2v) is 5.68. The summed E-state index contributed by atoms with van der Waals surface area (Å²) in [5, 5.41) is 5.87. The fourth-order valence-corrected chi connectivity index (χ4v) is 2.08. The van der Waals surface area contributed by atoms with Crippen molar-refractivity contribution in [1.82, 2.24) is 21.5 Å². The summed E-state index contributed by atoms with van der Waals surface area (Å²) in [6.45, 7) is 5.17. The number of unbranched alkanes of at least 4 members (excludes halogenated alkanes) is 2. The topological polar surface area (TPSA) is 91.5 Å². The van der Waals surface area contributed by atoms with E-state index in [9.17, 15) is 9.59 Å². The highest BCUT2D eigenvalue weighted by Crippen LogP contribution is 2.11. The van der Waals surface area contributed by atoms with Crippen molar-refractivity contribution in [2.45, 2.75) is 33.1 Å². The maximum atomic E-state index is 12.0. The van der Waals surface area contributed by atoms with Gasteiger partial charge in [0.1, 0.15) is 5.75 Å². The van der Waals surface area contributed by atoms with Gasteiger partial charge in [0.2, 0.25) is 0 Å². The monoisotopic (exact) mass is 366 g/mol. The van der Waals surface area contributed by atoms with Gasteiger partial charge in [-0.05, 0) is 49.8 Å². The van der Waals surface area contributed by atoms with Crippen LogP contribution >= 0.6 is 12.2 Å². The van der Waals surface area contributed by atoms with Crippen molar-refractivity contribution in [3.05, 3.63) is 29.8 Å². The molecule has 0 aromatic heterocycles. The smallest absolute Gasteiger partial charge is 0.257 e. The second kappa shape index (κ2) is 12.1. The molecule has 1 aromatic rings. The van der Waals surface area contributed by atoms with Gasteiger partial charge in [-0.2, -0.15) is 0 Å². The van der Waals surface area contributed by atoms with Crippen molar-refractivity contribution in [3.63, 3.8) is 0 Å². The average molecular weight is 366 g/mol. The van der Waals surface area contributed by atoms with E-state index in [1.54, 1.807) is 24.3 Å². The summed E-state index contributed by atoms with van der Waals surface area (Å²) in [4.78, 5) is 23.7. The Morgan fingerprint density at radius 3 is 2.40 bits per heavy atom. The molecule has 0 aliphatic carbocycles. The molecule has 4 N–H and O–H groups in total. The van der Waals surface area contributed by atoms with E-state index in [1.165, 1.54) is 0 Å². The van der Waals surface area contributed by atoms with Crippen LogP contribution in [-0.4, -0.2) is 36.6 Å². The first-order valence-electron chi connectivity index (χ1n) is 8.40. The highest BCUT2D eigenvalue weighted by atomic mass is 32.1. The zero-order chi connectivity index (χ0) is 18.5. The second-order valence-electron chi connectivity index (χ2n) is 5.28. The summed E-state index contributed by atoms with van der Waals surface area (Å²) in [7, 11) is 0. The van der Waals surface area contributed by atoms with Crippen molar-refractivity contribution >= 4 is 29.1 Å². The number of carbonyl (C=O) groups excluding carboxylic acids is 2. The van der Waals surface area contributed by atoms with E-state index in [0.29, 0.717) is 23.0 Å². The van der Waals surface area contributed by atoms with E-state index in [-0.39, 0.29) is 12.5 Å². The summed E-state index contributed by atoms with van der Waals surface area (Å²) in [6, 6.07) is 6.71. The van der Waals surface area contributed by atoms with Gasteiger partial charge in [-0.15, -0.1) is 0 Å². The highest BCUT2D eigenvalue weighted by molar-refractivity contribution is 7.80. The fourth-order valence-electron chi connectivity index (χ4n) is 1.92. The molecule has 0 saturated heterocycles. The van der Waals surface area contributed by atoms with Crippen LogP contribution in [0, 0.1) is 0 Å². The van der Waals surface area contributed by atoms with Crippen LogP contribution < -0.4 is 26.2 Å². The van der Waals surface area contributed by atoms with Gasteiger partial charge in [-0.25, -0.2) is 0 Å². The SMILES string of the molecule is CCCCCNC(=S)NNC(=O)CNC(=O)c1ccc(OCC)cc1. The Bertz CT molecular complexity index is 564. The molecule has 0 unspecified atom stereocenters. The van der Waals surface area contributed by atoms with Crippen LogP contribution in [0.3, 0.4) is 0 Å². The molecule has 0 heterocycles. The third-order valence-corrected chi connectivity index (χ3v) is 3.46. The number of benzene rings is 1. The number of hydrazine groups is 1. The van der Waals surface area contributed by atoms with E-state index < -0.39 is 5.91 Å². The first-order chi connectivity index (χ1) is 12.1. The van der Waals surface area contributed by atoms with Gasteiger partial charge >= 0.3 is 0 Å². The van der Waals surface area contributed by atoms with Gasteiger partial charge in [0.25, 0.3) is 11.8 Å². The van der Waals surface area contributed by atoms with Gasteiger partial charge in [-0.3, -0.25) is 20.4 Å². The highest BCUT2D eigenvalue weighted by Gasteiger charge is 2.08. The van der Waals surface area contributed by atoms with E-state index in [4.69, 9.17) is 17.0 Å². The summed E-state index contributed by atoms with van der Waals surface area (Å²) < 4.78 is 5.31. The average Bonchev–Trinajstić information content (AvgIpc) is 2.62. The molecule has 0 aliphatic rings. The molecule has 138 valence electrons. The van der Waals surface area contributed by atoms with Crippen molar-refractivity contribution in [3.8, 4) is 5.75 Å². The molecule has 0 atom stereocenters. The first-order valence-corrected chi connectivity index (χ1v) is 8.81. The predicted octanol–water partition coefficient (Wildman–Crippen LogP) is 1.50. The molecule has 1 aromatic carbocycles. The maximum absolute atomic E-state index is 12.0. The van der Waals surface area contributed by atoms with Crippen molar-refractivity contribution in [1.29, 1.82) is 0 Å². The minimum atomic E-state index is -0.392. The zero-order valence-electron chi connectivity index (χ0n) is 14.7. The maximum Gasteiger partial charge on any atom is 0.257 e. The van der Waals surface area contributed by atoms with Crippen LogP contribution in [0.5, 0.6) is 5.75 Å². The van der Waals surface area contributed by atoms with Crippen molar-refractivity contribution in [2.75, 3.05) is 19.7 Å². The van der Waals surface area contributed by atoms with Crippen LogP contribution in [0.2, 0.25) is 0 Å². The number of nitrogens with one attached hydrogen (secondary N) is 4. The fraction of sp³-hybridized carbons (Fsp3) is 0.471. The third-order valence-electron chi connectivity index (χ3n) is 3.22. The predicted molar refractivity (Wildman–Crippen MR) is 101 cm³/mol. The molecule has 8 heteroatoms. The normalized spacial score (nSPS) is 9.84. The number of ether oxygens (including phenoxy) is 1. The van der Waals surface area contributed by atoms with Crippen molar-refractivity contribution < 1.29 is 14.3 Å². The van der Waals surface area contributed by atoms with Crippen LogP contribution in [-0.2, 0) is 4.79 Å². The Morgan fingerprint density at radius 1 is 1.04 bits per heavy atom. The Hall–Kier alpha value is -2.35. The van der Waals surface area contributed by atoms with E-state index >= 15 is 0 Å². The number of amides is 2. The van der Waals surface area contributed by atoms with Gasteiger partial charge in [0, 0.05) is 12.1 Å². The lowest BCUT2D eigenvalue weighted by atomic mass is 10.2. The Labute approximate surface area is 153 Å². The van der Waals surface area contributed by atoms with Crippen LogP contribution in [0.15, 0.2) is 24.3 Å². The molecule has 1 rings (SSSR count). The van der Waals surface area contributed by atoms with Crippen LogP contribution in [0.25, 0.3) is 0 Å². The minimum absolute atomic E-state index is 0.155. The molecule has 7 nitrogen and oxygen atoms in total. The lowest BCUT2D eigenvalue weighted by Crippen LogP contribution is -2.49.